The van der Waals surface area contributed by atoms with Gasteiger partial charge < -0.3 is 21.7 Å². The highest BCUT2D eigenvalue weighted by Gasteiger charge is 2.26. The van der Waals surface area contributed by atoms with Crippen molar-refractivity contribution >= 4 is 23.2 Å². The molecule has 32 heavy (non-hydrogen) atoms. The highest BCUT2D eigenvalue weighted by atomic mass is 19.1. The molecular weight excluding hydrogens is 409 g/mol. The first kappa shape index (κ1) is 21.6. The van der Waals surface area contributed by atoms with Crippen molar-refractivity contribution in [2.45, 2.75) is 37.8 Å². The Bertz CT molecular complexity index is 1090. The second-order valence-electron chi connectivity index (χ2n) is 7.84. The molecule has 8 nitrogen and oxygen atoms in total. The number of likely N-dealkylation sites (N-methyl/N-ethyl adjacent to an activating group) is 1. The summed E-state index contributed by atoms with van der Waals surface area (Å²) in [7, 11) is 1.91. The van der Waals surface area contributed by atoms with Crippen molar-refractivity contribution in [2.24, 2.45) is 5.73 Å². The minimum absolute atomic E-state index is 0.0182. The van der Waals surface area contributed by atoms with Crippen molar-refractivity contribution in [3.63, 3.8) is 0 Å². The maximum absolute atomic E-state index is 14.8. The number of rotatable bonds is 7. The van der Waals surface area contributed by atoms with Crippen molar-refractivity contribution < 1.29 is 9.18 Å². The molecule has 3 aromatic rings. The van der Waals surface area contributed by atoms with Crippen LogP contribution in [0.25, 0.3) is 11.1 Å². The SMILES string of the molecule is CNC1CCCCC1Nc1nc(Nc2cccc(-c3cncnc3)c2)c(C(N)=O)cc1F. The lowest BCUT2D eigenvalue weighted by Crippen LogP contribution is -2.45. The van der Waals surface area contributed by atoms with Gasteiger partial charge in [0.05, 0.1) is 5.56 Å². The summed E-state index contributed by atoms with van der Waals surface area (Å²) in [5.41, 5.74) is 7.88. The molecule has 0 radical (unpaired) electrons. The van der Waals surface area contributed by atoms with Crippen molar-refractivity contribution in [3.05, 3.63) is 60.4 Å². The highest BCUT2D eigenvalue weighted by molar-refractivity contribution is 5.98. The zero-order valence-corrected chi connectivity index (χ0v) is 17.8. The van der Waals surface area contributed by atoms with Gasteiger partial charge in [0, 0.05) is 35.7 Å². The third kappa shape index (κ3) is 4.83. The standard InChI is InChI=1S/C23H26FN7O/c1-26-19-7-2-3-8-20(19)30-23-18(24)10-17(21(25)32)22(31-23)29-16-6-4-5-14(9-16)15-11-27-13-28-12-15/h4-6,9-13,19-20,26H,2-3,7-8H2,1H3,(H2,25,32)(H2,29,30,31). The van der Waals surface area contributed by atoms with Gasteiger partial charge in [0.25, 0.3) is 5.91 Å². The van der Waals surface area contributed by atoms with Crippen LogP contribution in [0.4, 0.5) is 21.7 Å². The summed E-state index contributed by atoms with van der Waals surface area (Å²) in [6, 6.07) is 8.88. The van der Waals surface area contributed by atoms with Gasteiger partial charge in [-0.1, -0.05) is 25.0 Å². The van der Waals surface area contributed by atoms with E-state index < -0.39 is 11.7 Å². The van der Waals surface area contributed by atoms with Crippen LogP contribution in [-0.2, 0) is 0 Å². The first-order valence-corrected chi connectivity index (χ1v) is 10.6. The number of nitrogens with two attached hydrogens (primary N) is 1. The molecule has 1 amide bonds. The predicted molar refractivity (Wildman–Crippen MR) is 122 cm³/mol. The van der Waals surface area contributed by atoms with E-state index in [2.05, 4.69) is 30.9 Å². The minimum atomic E-state index is -0.760. The zero-order valence-electron chi connectivity index (χ0n) is 17.8. The first-order chi connectivity index (χ1) is 15.5. The molecule has 2 heterocycles. The van der Waals surface area contributed by atoms with E-state index in [1.54, 1.807) is 12.4 Å². The molecule has 1 aliphatic carbocycles. The van der Waals surface area contributed by atoms with Gasteiger partial charge in [-0.25, -0.2) is 19.3 Å². The summed E-state index contributed by atoms with van der Waals surface area (Å²) >= 11 is 0. The fraction of sp³-hybridized carbons (Fsp3) is 0.304. The van der Waals surface area contributed by atoms with E-state index in [9.17, 15) is 9.18 Å². The van der Waals surface area contributed by atoms with E-state index in [1.165, 1.54) is 6.33 Å². The van der Waals surface area contributed by atoms with E-state index in [4.69, 9.17) is 5.73 Å². The van der Waals surface area contributed by atoms with Crippen LogP contribution in [0.3, 0.4) is 0 Å². The quantitative estimate of drug-likeness (QED) is 0.449. The number of nitrogens with one attached hydrogen (secondary N) is 3. The molecule has 1 saturated carbocycles. The highest BCUT2D eigenvalue weighted by Crippen LogP contribution is 2.28. The summed E-state index contributed by atoms with van der Waals surface area (Å²) in [5, 5.41) is 9.63. The van der Waals surface area contributed by atoms with Gasteiger partial charge in [0.2, 0.25) is 0 Å². The Hall–Kier alpha value is -3.59. The molecule has 1 aromatic carbocycles. The molecular formula is C23H26FN7O. The van der Waals surface area contributed by atoms with Crippen LogP contribution in [0, 0.1) is 5.82 Å². The normalized spacial score (nSPS) is 18.2. The van der Waals surface area contributed by atoms with Crippen LogP contribution in [-0.4, -0.2) is 40.0 Å². The molecule has 1 aliphatic rings. The molecule has 0 aliphatic heterocycles. The molecule has 0 spiro atoms. The van der Waals surface area contributed by atoms with E-state index in [-0.39, 0.29) is 29.3 Å². The fourth-order valence-electron chi connectivity index (χ4n) is 4.06. The smallest absolute Gasteiger partial charge is 0.252 e. The number of nitrogens with zero attached hydrogens (tertiary/aromatic N) is 3. The zero-order chi connectivity index (χ0) is 22.5. The monoisotopic (exact) mass is 435 g/mol. The number of pyridine rings is 1. The number of benzene rings is 1. The van der Waals surface area contributed by atoms with E-state index >= 15 is 0 Å². The van der Waals surface area contributed by atoms with Crippen LogP contribution < -0.4 is 21.7 Å². The van der Waals surface area contributed by atoms with Gasteiger partial charge >= 0.3 is 0 Å². The van der Waals surface area contributed by atoms with Crippen LogP contribution in [0.2, 0.25) is 0 Å². The molecule has 1 fully saturated rings. The predicted octanol–water partition coefficient (Wildman–Crippen LogP) is 3.46. The second kappa shape index (κ2) is 9.69. The molecule has 0 saturated heterocycles. The Kier molecular flexibility index (Phi) is 6.55. The molecule has 166 valence electrons. The summed E-state index contributed by atoms with van der Waals surface area (Å²) in [4.78, 5) is 24.5. The molecule has 2 atom stereocenters. The topological polar surface area (TPSA) is 118 Å². The third-order valence-electron chi connectivity index (χ3n) is 5.72. The third-order valence-corrected chi connectivity index (χ3v) is 5.72. The van der Waals surface area contributed by atoms with E-state index in [0.29, 0.717) is 5.69 Å². The van der Waals surface area contributed by atoms with Crippen LogP contribution in [0.5, 0.6) is 0 Å². The van der Waals surface area contributed by atoms with E-state index in [0.717, 1.165) is 42.9 Å². The molecule has 0 bridgehead atoms. The molecule has 9 heteroatoms. The molecule has 4 rings (SSSR count). The van der Waals surface area contributed by atoms with Gasteiger partial charge in [-0.2, -0.15) is 0 Å². The molecule has 5 N–H and O–H groups in total. The van der Waals surface area contributed by atoms with Gasteiger partial charge in [0.1, 0.15) is 12.1 Å². The number of primary amides is 1. The lowest BCUT2D eigenvalue weighted by Gasteiger charge is -2.32. The van der Waals surface area contributed by atoms with Gasteiger partial charge in [0.15, 0.2) is 11.6 Å². The minimum Gasteiger partial charge on any atom is -0.365 e. The van der Waals surface area contributed by atoms with Crippen LogP contribution in [0.15, 0.2) is 49.1 Å². The lowest BCUT2D eigenvalue weighted by molar-refractivity contribution is 0.100. The lowest BCUT2D eigenvalue weighted by atomic mass is 9.90. The number of anilines is 3. The Morgan fingerprint density at radius 2 is 1.81 bits per heavy atom. The number of carbonyl (C=O) groups excluding carboxylic acids is 1. The maximum Gasteiger partial charge on any atom is 0.252 e. The van der Waals surface area contributed by atoms with E-state index in [1.807, 2.05) is 31.3 Å². The summed E-state index contributed by atoms with van der Waals surface area (Å²) in [6.45, 7) is 0. The number of hydrogen-bond acceptors (Lipinski definition) is 7. The Morgan fingerprint density at radius 3 is 2.53 bits per heavy atom. The molecule has 2 aromatic heterocycles. The number of carbonyl (C=O) groups is 1. The number of amides is 1. The van der Waals surface area contributed by atoms with Crippen molar-refractivity contribution in [1.82, 2.24) is 20.3 Å². The first-order valence-electron chi connectivity index (χ1n) is 10.6. The summed E-state index contributed by atoms with van der Waals surface area (Å²) < 4.78 is 14.8. The average molecular weight is 436 g/mol. The Labute approximate surface area is 185 Å². The molecule has 2 unspecified atom stereocenters. The second-order valence-corrected chi connectivity index (χ2v) is 7.84. The van der Waals surface area contributed by atoms with Crippen molar-refractivity contribution in [1.29, 1.82) is 0 Å². The van der Waals surface area contributed by atoms with Crippen LogP contribution in [0.1, 0.15) is 36.0 Å². The summed E-state index contributed by atoms with van der Waals surface area (Å²) in [5.74, 6) is -1.08. The number of aromatic nitrogens is 3. The Morgan fingerprint density at radius 1 is 1.06 bits per heavy atom. The largest absolute Gasteiger partial charge is 0.365 e. The Balaban J connectivity index is 1.64. The number of halogens is 1. The van der Waals surface area contributed by atoms with Gasteiger partial charge in [-0.05, 0) is 43.7 Å². The number of hydrogen-bond donors (Lipinski definition) is 4. The van der Waals surface area contributed by atoms with Crippen molar-refractivity contribution in [2.75, 3.05) is 17.7 Å². The summed E-state index contributed by atoms with van der Waals surface area (Å²) in [6.07, 6.45) is 9.01. The van der Waals surface area contributed by atoms with Gasteiger partial charge in [-0.3, -0.25) is 4.79 Å². The fourth-order valence-corrected chi connectivity index (χ4v) is 4.06. The van der Waals surface area contributed by atoms with Crippen molar-refractivity contribution in [3.8, 4) is 11.1 Å². The maximum atomic E-state index is 14.8. The average Bonchev–Trinajstić information content (AvgIpc) is 2.82. The van der Waals surface area contributed by atoms with Crippen LogP contribution >= 0.6 is 0 Å². The van der Waals surface area contributed by atoms with Gasteiger partial charge in [-0.15, -0.1) is 0 Å².